The normalized spacial score (nSPS) is 31.9. The predicted molar refractivity (Wildman–Crippen MR) is 95.6 cm³/mol. The summed E-state index contributed by atoms with van der Waals surface area (Å²) in [4.78, 5) is 0. The van der Waals surface area contributed by atoms with E-state index in [1.807, 2.05) is 36.4 Å². The molecule has 0 spiro atoms. The second-order valence-electron chi connectivity index (χ2n) is 6.80. The van der Waals surface area contributed by atoms with Crippen LogP contribution >= 0.6 is 0 Å². The van der Waals surface area contributed by atoms with E-state index in [9.17, 15) is 0 Å². The lowest BCUT2D eigenvalue weighted by molar-refractivity contribution is -0.400. The molecule has 0 N–H and O–H groups in total. The average Bonchev–Trinajstić information content (AvgIpc) is 2.74. The lowest BCUT2D eigenvalue weighted by Crippen LogP contribution is -2.66. The fraction of sp³-hybridized carbons (Fsp3) is 0.429. The summed E-state index contributed by atoms with van der Waals surface area (Å²) in [5.74, 6) is -3.32. The monoisotopic (exact) mass is 392 g/mol. The highest BCUT2D eigenvalue weighted by molar-refractivity contribution is 5.17. The van der Waals surface area contributed by atoms with Crippen LogP contribution in [0.25, 0.3) is 0 Å². The van der Waals surface area contributed by atoms with E-state index in [0.29, 0.717) is 5.56 Å². The van der Waals surface area contributed by atoms with Crippen molar-refractivity contribution in [3.63, 3.8) is 0 Å². The number of rotatable bonds is 5. The molecule has 5 nitrogen and oxygen atoms in total. The van der Waals surface area contributed by atoms with Gasteiger partial charge in [-0.2, -0.15) is 0 Å². The SMILES string of the molecule is CO[C@@H]1O[C@@H]2CO[C@@H](c3ccccc3)O[C@H]2C(F)(F)[C@H]1OCc1ccccc1. The van der Waals surface area contributed by atoms with Crippen molar-refractivity contribution < 1.29 is 32.5 Å². The van der Waals surface area contributed by atoms with Crippen molar-refractivity contribution in [2.45, 2.75) is 43.4 Å². The number of ether oxygens (including phenoxy) is 5. The van der Waals surface area contributed by atoms with Gasteiger partial charge in [0.15, 0.2) is 24.8 Å². The van der Waals surface area contributed by atoms with E-state index in [-0.39, 0.29) is 13.2 Å². The zero-order chi connectivity index (χ0) is 19.6. The Morgan fingerprint density at radius 3 is 2.36 bits per heavy atom. The topological polar surface area (TPSA) is 46.2 Å². The highest BCUT2D eigenvalue weighted by atomic mass is 19.3. The maximum atomic E-state index is 15.4. The molecule has 28 heavy (non-hydrogen) atoms. The summed E-state index contributed by atoms with van der Waals surface area (Å²) in [5, 5.41) is 0. The summed E-state index contributed by atoms with van der Waals surface area (Å²) >= 11 is 0. The van der Waals surface area contributed by atoms with Gasteiger partial charge in [0.2, 0.25) is 0 Å². The van der Waals surface area contributed by atoms with E-state index in [4.69, 9.17) is 23.7 Å². The molecule has 0 unspecified atom stereocenters. The second-order valence-corrected chi connectivity index (χ2v) is 6.80. The molecule has 0 amide bonds. The fourth-order valence-corrected chi connectivity index (χ4v) is 3.48. The maximum Gasteiger partial charge on any atom is 0.307 e. The summed E-state index contributed by atoms with van der Waals surface area (Å²) in [6, 6.07) is 18.1. The number of hydrogen-bond acceptors (Lipinski definition) is 5. The molecule has 2 aliphatic rings. The van der Waals surface area contributed by atoms with Crippen molar-refractivity contribution in [1.82, 2.24) is 0 Å². The molecule has 0 bridgehead atoms. The van der Waals surface area contributed by atoms with Gasteiger partial charge in [-0.3, -0.25) is 0 Å². The molecule has 0 radical (unpaired) electrons. The molecular formula is C21H22F2O5. The Balaban J connectivity index is 1.52. The van der Waals surface area contributed by atoms with Gasteiger partial charge in [-0.05, 0) is 5.56 Å². The standard InChI is InChI=1S/C21H22F2O5/c1-24-20-18(25-12-14-8-4-2-5-9-14)21(22,23)17-16(27-20)13-26-19(28-17)15-10-6-3-7-11-15/h2-11,16-20H,12-13H2,1H3/t16-,17-,18+,19-,20-/m1/s1. The zero-order valence-corrected chi connectivity index (χ0v) is 15.4. The Kier molecular flexibility index (Phi) is 5.70. The molecule has 0 aliphatic carbocycles. The Hall–Kier alpha value is -1.90. The van der Waals surface area contributed by atoms with Crippen LogP contribution in [-0.4, -0.2) is 44.2 Å². The summed E-state index contributed by atoms with van der Waals surface area (Å²) < 4.78 is 58.4. The summed E-state index contributed by atoms with van der Waals surface area (Å²) in [6.45, 7) is -0.00853. The van der Waals surface area contributed by atoms with Gasteiger partial charge in [0.25, 0.3) is 0 Å². The summed E-state index contributed by atoms with van der Waals surface area (Å²) in [6.07, 6.45) is -6.16. The molecule has 7 heteroatoms. The van der Waals surface area contributed by atoms with Crippen LogP contribution in [0, 0.1) is 0 Å². The minimum atomic E-state index is -3.32. The van der Waals surface area contributed by atoms with Gasteiger partial charge < -0.3 is 23.7 Å². The molecule has 2 saturated heterocycles. The molecule has 0 saturated carbocycles. The van der Waals surface area contributed by atoms with Crippen molar-refractivity contribution in [2.75, 3.05) is 13.7 Å². The van der Waals surface area contributed by atoms with Crippen LogP contribution in [0.15, 0.2) is 60.7 Å². The quantitative estimate of drug-likeness (QED) is 0.777. The van der Waals surface area contributed by atoms with Gasteiger partial charge in [-0.15, -0.1) is 0 Å². The van der Waals surface area contributed by atoms with Crippen LogP contribution in [0.4, 0.5) is 8.78 Å². The molecule has 150 valence electrons. The Morgan fingerprint density at radius 2 is 1.68 bits per heavy atom. The fourth-order valence-electron chi connectivity index (χ4n) is 3.48. The first kappa shape index (κ1) is 19.4. The number of methoxy groups -OCH3 is 1. The van der Waals surface area contributed by atoms with E-state index < -0.39 is 36.8 Å². The molecule has 2 aromatic carbocycles. The van der Waals surface area contributed by atoms with Gasteiger partial charge in [0.1, 0.15) is 6.10 Å². The lowest BCUT2D eigenvalue weighted by Gasteiger charge is -2.48. The molecule has 4 rings (SSSR count). The van der Waals surface area contributed by atoms with Gasteiger partial charge in [-0.25, -0.2) is 8.78 Å². The highest BCUT2D eigenvalue weighted by Gasteiger charge is 2.62. The van der Waals surface area contributed by atoms with Crippen LogP contribution < -0.4 is 0 Å². The summed E-state index contributed by atoms with van der Waals surface area (Å²) in [7, 11) is 1.32. The molecule has 2 aliphatic heterocycles. The van der Waals surface area contributed by atoms with Gasteiger partial charge in [-0.1, -0.05) is 60.7 Å². The molecule has 0 aromatic heterocycles. The van der Waals surface area contributed by atoms with E-state index in [1.54, 1.807) is 24.3 Å². The predicted octanol–water partition coefficient (Wildman–Crippen LogP) is 3.69. The first-order valence-corrected chi connectivity index (χ1v) is 9.13. The highest BCUT2D eigenvalue weighted by Crippen LogP contribution is 2.43. The Morgan fingerprint density at radius 1 is 1.00 bits per heavy atom. The van der Waals surface area contributed by atoms with Crippen molar-refractivity contribution in [3.05, 3.63) is 71.8 Å². The van der Waals surface area contributed by atoms with Crippen molar-refractivity contribution in [2.24, 2.45) is 0 Å². The average molecular weight is 392 g/mol. The Bertz CT molecular complexity index is 750. The first-order valence-electron chi connectivity index (χ1n) is 9.13. The third-order valence-corrected chi connectivity index (χ3v) is 4.91. The van der Waals surface area contributed by atoms with Crippen LogP contribution in [0.2, 0.25) is 0 Å². The third kappa shape index (κ3) is 3.81. The number of fused-ring (bicyclic) bond motifs is 1. The van der Waals surface area contributed by atoms with Crippen molar-refractivity contribution in [1.29, 1.82) is 0 Å². The first-order chi connectivity index (χ1) is 13.6. The molecule has 2 heterocycles. The van der Waals surface area contributed by atoms with Gasteiger partial charge in [0.05, 0.1) is 13.2 Å². The van der Waals surface area contributed by atoms with Crippen LogP contribution in [0.3, 0.4) is 0 Å². The number of halogens is 2. The molecule has 2 fully saturated rings. The Labute approximate surface area is 162 Å². The van der Waals surface area contributed by atoms with Crippen molar-refractivity contribution in [3.8, 4) is 0 Å². The summed E-state index contributed by atoms with van der Waals surface area (Å²) in [5.41, 5.74) is 1.46. The number of hydrogen-bond donors (Lipinski definition) is 0. The molecule has 5 atom stereocenters. The lowest BCUT2D eigenvalue weighted by atomic mass is 9.96. The zero-order valence-electron chi connectivity index (χ0n) is 15.4. The second kappa shape index (κ2) is 8.23. The molecule has 2 aromatic rings. The van der Waals surface area contributed by atoms with Gasteiger partial charge >= 0.3 is 5.92 Å². The van der Waals surface area contributed by atoms with Crippen LogP contribution in [0.1, 0.15) is 17.4 Å². The largest absolute Gasteiger partial charge is 0.362 e. The van der Waals surface area contributed by atoms with Gasteiger partial charge in [0, 0.05) is 12.7 Å². The minimum absolute atomic E-state index is 0.0142. The number of alkyl halides is 2. The number of benzene rings is 2. The molecular weight excluding hydrogens is 370 g/mol. The van der Waals surface area contributed by atoms with E-state index in [2.05, 4.69) is 0 Å². The third-order valence-electron chi connectivity index (χ3n) is 4.91. The smallest absolute Gasteiger partial charge is 0.307 e. The van der Waals surface area contributed by atoms with Crippen molar-refractivity contribution >= 4 is 0 Å². The van der Waals surface area contributed by atoms with Crippen LogP contribution in [-0.2, 0) is 30.3 Å². The van der Waals surface area contributed by atoms with E-state index in [1.165, 1.54) is 7.11 Å². The maximum absolute atomic E-state index is 15.4. The van der Waals surface area contributed by atoms with E-state index >= 15 is 8.78 Å². The minimum Gasteiger partial charge on any atom is -0.362 e. The van der Waals surface area contributed by atoms with Crippen LogP contribution in [0.5, 0.6) is 0 Å². The van der Waals surface area contributed by atoms with E-state index in [0.717, 1.165) is 5.56 Å².